The number of thiocarbonyl (C=S) groups is 1. The van der Waals surface area contributed by atoms with Crippen LogP contribution in [0.2, 0.25) is 0 Å². The number of hydrogen-bond acceptors (Lipinski definition) is 3. The summed E-state index contributed by atoms with van der Waals surface area (Å²) in [4.78, 5) is 2.90. The van der Waals surface area contributed by atoms with Crippen molar-refractivity contribution in [2.24, 2.45) is 11.1 Å². The summed E-state index contributed by atoms with van der Waals surface area (Å²) in [7, 11) is 2.13. The van der Waals surface area contributed by atoms with Crippen molar-refractivity contribution in [2.75, 3.05) is 13.6 Å². The van der Waals surface area contributed by atoms with Crippen LogP contribution in [-0.4, -0.2) is 23.5 Å². The number of thiophene rings is 1. The minimum atomic E-state index is -0.0567. The average Bonchev–Trinajstić information content (AvgIpc) is 2.61. The molecule has 1 aromatic heterocycles. The van der Waals surface area contributed by atoms with Crippen LogP contribution in [0.15, 0.2) is 15.2 Å². The Hall–Kier alpha value is 0.0300. The molecule has 0 bridgehead atoms. The van der Waals surface area contributed by atoms with Gasteiger partial charge in [0.25, 0.3) is 0 Å². The second-order valence-electron chi connectivity index (χ2n) is 4.99. The molecule has 0 fully saturated rings. The van der Waals surface area contributed by atoms with E-state index in [1.165, 1.54) is 9.35 Å². The highest BCUT2D eigenvalue weighted by Crippen LogP contribution is 2.23. The number of nitrogens with zero attached hydrogens (tertiary/aromatic N) is 1. The third kappa shape index (κ3) is 5.04. The first-order chi connectivity index (χ1) is 7.81. The van der Waals surface area contributed by atoms with E-state index < -0.39 is 0 Å². The van der Waals surface area contributed by atoms with Gasteiger partial charge in [-0.25, -0.2) is 0 Å². The van der Waals surface area contributed by atoms with Crippen molar-refractivity contribution < 1.29 is 0 Å². The summed E-state index contributed by atoms with van der Waals surface area (Å²) in [6, 6.07) is 2.17. The number of nitrogens with two attached hydrogens (primary N) is 1. The van der Waals surface area contributed by atoms with Crippen molar-refractivity contribution in [3.8, 4) is 0 Å². The van der Waals surface area contributed by atoms with Crippen molar-refractivity contribution in [1.29, 1.82) is 0 Å². The van der Waals surface area contributed by atoms with E-state index in [1.54, 1.807) is 11.3 Å². The largest absolute Gasteiger partial charge is 0.393 e. The minimum absolute atomic E-state index is 0.0567. The van der Waals surface area contributed by atoms with Crippen molar-refractivity contribution in [2.45, 2.75) is 26.8 Å². The zero-order valence-electron chi connectivity index (χ0n) is 10.5. The van der Waals surface area contributed by atoms with Crippen molar-refractivity contribution in [3.63, 3.8) is 0 Å². The summed E-state index contributed by atoms with van der Waals surface area (Å²) in [6.07, 6.45) is 0.990. The van der Waals surface area contributed by atoms with Gasteiger partial charge in [0, 0.05) is 12.0 Å². The number of rotatable bonds is 6. The molecule has 0 aliphatic carbocycles. The second kappa shape index (κ2) is 6.27. The Bertz CT molecular complexity index is 388. The zero-order chi connectivity index (χ0) is 13.1. The van der Waals surface area contributed by atoms with E-state index in [1.807, 2.05) is 0 Å². The fraction of sp³-hybridized carbons (Fsp3) is 0.583. The van der Waals surface area contributed by atoms with E-state index >= 15 is 0 Å². The van der Waals surface area contributed by atoms with Crippen LogP contribution in [0.3, 0.4) is 0 Å². The molecule has 17 heavy (non-hydrogen) atoms. The highest BCUT2D eigenvalue weighted by Gasteiger charge is 2.21. The van der Waals surface area contributed by atoms with Crippen LogP contribution in [0.5, 0.6) is 0 Å². The molecule has 0 spiro atoms. The SMILES string of the molecule is CN(CCC(C)(C)C(N)=S)Cc1csc(Br)c1. The summed E-state index contributed by atoms with van der Waals surface area (Å²) < 4.78 is 1.18. The molecule has 5 heteroatoms. The van der Waals surface area contributed by atoms with Gasteiger partial charge in [-0.3, -0.25) is 0 Å². The van der Waals surface area contributed by atoms with Crippen LogP contribution >= 0.6 is 39.5 Å². The molecule has 0 amide bonds. The highest BCUT2D eigenvalue weighted by atomic mass is 79.9. The lowest BCUT2D eigenvalue weighted by molar-refractivity contribution is 0.286. The quantitative estimate of drug-likeness (QED) is 0.805. The monoisotopic (exact) mass is 334 g/mol. The van der Waals surface area contributed by atoms with E-state index in [0.717, 1.165) is 19.5 Å². The maximum Gasteiger partial charge on any atom is 0.0784 e. The molecule has 1 aromatic rings. The lowest BCUT2D eigenvalue weighted by Gasteiger charge is -2.26. The van der Waals surface area contributed by atoms with E-state index in [9.17, 15) is 0 Å². The smallest absolute Gasteiger partial charge is 0.0784 e. The predicted octanol–water partition coefficient (Wildman–Crippen LogP) is 3.64. The van der Waals surface area contributed by atoms with Gasteiger partial charge in [0.2, 0.25) is 0 Å². The first-order valence-electron chi connectivity index (χ1n) is 5.52. The number of hydrogen-bond donors (Lipinski definition) is 1. The van der Waals surface area contributed by atoms with Gasteiger partial charge < -0.3 is 10.6 Å². The van der Waals surface area contributed by atoms with E-state index in [-0.39, 0.29) is 5.41 Å². The van der Waals surface area contributed by atoms with Crippen LogP contribution in [0.25, 0.3) is 0 Å². The first kappa shape index (κ1) is 15.1. The molecular weight excluding hydrogens is 316 g/mol. The lowest BCUT2D eigenvalue weighted by atomic mass is 9.89. The average molecular weight is 335 g/mol. The molecule has 1 rings (SSSR count). The molecule has 0 aliphatic heterocycles. The van der Waals surface area contributed by atoms with Gasteiger partial charge in [0.15, 0.2) is 0 Å². The summed E-state index contributed by atoms with van der Waals surface area (Å²) in [6.45, 7) is 6.17. The van der Waals surface area contributed by atoms with Gasteiger partial charge >= 0.3 is 0 Å². The Balaban J connectivity index is 2.40. The molecule has 96 valence electrons. The zero-order valence-corrected chi connectivity index (χ0v) is 13.7. The Morgan fingerprint density at radius 2 is 2.24 bits per heavy atom. The molecular formula is C12H19BrN2S2. The lowest BCUT2D eigenvalue weighted by Crippen LogP contribution is -2.33. The summed E-state index contributed by atoms with van der Waals surface area (Å²) in [5, 5.41) is 2.18. The van der Waals surface area contributed by atoms with Gasteiger partial charge in [0.05, 0.1) is 8.77 Å². The standard InChI is InChI=1S/C12H19BrN2S2/c1-12(2,11(14)16)4-5-15(3)7-9-6-10(13)17-8-9/h6,8H,4-5,7H2,1-3H3,(H2,14,16). The molecule has 0 unspecified atom stereocenters. The fourth-order valence-corrected chi connectivity index (χ4v) is 2.72. The number of halogens is 1. The van der Waals surface area contributed by atoms with Crippen molar-refractivity contribution in [1.82, 2.24) is 4.90 Å². The van der Waals surface area contributed by atoms with E-state index in [0.29, 0.717) is 4.99 Å². The summed E-state index contributed by atoms with van der Waals surface area (Å²) in [5.74, 6) is 0. The van der Waals surface area contributed by atoms with Crippen LogP contribution in [0.4, 0.5) is 0 Å². The summed E-state index contributed by atoms with van der Waals surface area (Å²) in [5.41, 5.74) is 7.01. The van der Waals surface area contributed by atoms with Crippen LogP contribution < -0.4 is 5.73 Å². The topological polar surface area (TPSA) is 29.3 Å². The molecule has 1 heterocycles. The van der Waals surface area contributed by atoms with Crippen LogP contribution in [-0.2, 0) is 6.54 Å². The second-order valence-corrected chi connectivity index (χ2v) is 7.73. The first-order valence-corrected chi connectivity index (χ1v) is 7.61. The predicted molar refractivity (Wildman–Crippen MR) is 83.5 cm³/mol. The van der Waals surface area contributed by atoms with Crippen molar-refractivity contribution >= 4 is 44.5 Å². The highest BCUT2D eigenvalue weighted by molar-refractivity contribution is 9.11. The van der Waals surface area contributed by atoms with E-state index in [4.69, 9.17) is 18.0 Å². The molecule has 0 saturated heterocycles. The molecule has 0 atom stereocenters. The van der Waals surface area contributed by atoms with Crippen LogP contribution in [0, 0.1) is 5.41 Å². The molecule has 0 saturated carbocycles. The molecule has 0 aliphatic rings. The fourth-order valence-electron chi connectivity index (χ4n) is 1.41. The third-order valence-corrected chi connectivity index (χ3v) is 4.97. The Morgan fingerprint density at radius 3 is 2.71 bits per heavy atom. The minimum Gasteiger partial charge on any atom is -0.393 e. The Morgan fingerprint density at radius 1 is 1.59 bits per heavy atom. The Kier molecular flexibility index (Phi) is 5.57. The normalized spacial score (nSPS) is 12.1. The van der Waals surface area contributed by atoms with Crippen LogP contribution in [0.1, 0.15) is 25.8 Å². The maximum atomic E-state index is 5.72. The molecule has 2 nitrogen and oxygen atoms in total. The third-order valence-electron chi connectivity index (χ3n) is 2.86. The summed E-state index contributed by atoms with van der Waals surface area (Å²) >= 11 is 10.3. The molecule has 0 aromatic carbocycles. The molecule has 2 N–H and O–H groups in total. The van der Waals surface area contributed by atoms with Gasteiger partial charge in [-0.2, -0.15) is 0 Å². The van der Waals surface area contributed by atoms with Gasteiger partial charge in [-0.15, -0.1) is 11.3 Å². The molecule has 0 radical (unpaired) electrons. The van der Waals surface area contributed by atoms with Gasteiger partial charge in [0.1, 0.15) is 0 Å². The van der Waals surface area contributed by atoms with Gasteiger partial charge in [-0.05, 0) is 53.0 Å². The van der Waals surface area contributed by atoms with Gasteiger partial charge in [-0.1, -0.05) is 26.1 Å². The van der Waals surface area contributed by atoms with E-state index in [2.05, 4.69) is 53.2 Å². The maximum absolute atomic E-state index is 5.72. The Labute approximate surface area is 121 Å². The van der Waals surface area contributed by atoms with Crippen molar-refractivity contribution in [3.05, 3.63) is 20.8 Å².